The lowest BCUT2D eigenvalue weighted by atomic mass is 9.91. The van der Waals surface area contributed by atoms with Crippen LogP contribution in [-0.4, -0.2) is 65.2 Å². The summed E-state index contributed by atoms with van der Waals surface area (Å²) >= 11 is 0. The first-order chi connectivity index (χ1) is 16.0. The molecule has 4 aliphatic rings. The molecule has 2 aliphatic heterocycles. The minimum atomic E-state index is -0.487. The van der Waals surface area contributed by atoms with Crippen molar-refractivity contribution in [3.63, 3.8) is 0 Å². The van der Waals surface area contributed by atoms with Gasteiger partial charge in [-0.3, -0.25) is 4.79 Å². The van der Waals surface area contributed by atoms with Crippen LogP contribution in [0, 0.1) is 0 Å². The zero-order chi connectivity index (χ0) is 22.9. The van der Waals surface area contributed by atoms with Crippen LogP contribution < -0.4 is 15.0 Å². The maximum atomic E-state index is 13.0. The van der Waals surface area contributed by atoms with Crippen LogP contribution in [0.5, 0.6) is 5.75 Å². The average molecular weight is 457 g/mol. The fourth-order valence-electron chi connectivity index (χ4n) is 5.92. The monoisotopic (exact) mass is 456 g/mol. The third-order valence-electron chi connectivity index (χ3n) is 7.69. The molecule has 33 heavy (non-hydrogen) atoms. The van der Waals surface area contributed by atoms with Gasteiger partial charge in [-0.05, 0) is 68.7 Å². The quantitative estimate of drug-likeness (QED) is 0.595. The van der Waals surface area contributed by atoms with E-state index in [0.717, 1.165) is 43.4 Å². The molecule has 0 spiro atoms. The lowest BCUT2D eigenvalue weighted by Crippen LogP contribution is -2.82. The van der Waals surface area contributed by atoms with Crippen molar-refractivity contribution in [2.75, 3.05) is 7.11 Å². The number of ether oxygens (including phenoxy) is 2. The number of hydrogen-bond donors (Lipinski definition) is 3. The van der Waals surface area contributed by atoms with Gasteiger partial charge in [-0.1, -0.05) is 6.42 Å². The van der Waals surface area contributed by atoms with E-state index < -0.39 is 6.04 Å². The van der Waals surface area contributed by atoms with Crippen molar-refractivity contribution in [3.05, 3.63) is 29.3 Å². The molecule has 0 saturated heterocycles. The second-order valence-corrected chi connectivity index (χ2v) is 9.77. The average Bonchev–Trinajstić information content (AvgIpc) is 3.39. The molecule has 2 fully saturated rings. The molecule has 2 amide bonds. The Bertz CT molecular complexity index is 948. The van der Waals surface area contributed by atoms with E-state index in [4.69, 9.17) is 9.47 Å². The Morgan fingerprint density at radius 1 is 1.03 bits per heavy atom. The molecule has 2 aliphatic carbocycles. The Hall–Kier alpha value is -2.45. The number of amides is 2. The van der Waals surface area contributed by atoms with Gasteiger partial charge in [0, 0.05) is 31.3 Å². The smallest absolute Gasteiger partial charge is 0.388 e. The van der Waals surface area contributed by atoms with E-state index in [1.807, 2.05) is 18.2 Å². The summed E-state index contributed by atoms with van der Waals surface area (Å²) < 4.78 is 12.1. The molecule has 2 saturated carbocycles. The van der Waals surface area contributed by atoms with Gasteiger partial charge in [0.05, 0.1) is 12.5 Å². The van der Waals surface area contributed by atoms with E-state index in [2.05, 4.69) is 10.3 Å². The molecule has 8 nitrogen and oxygen atoms in total. The Morgan fingerprint density at radius 3 is 2.61 bits per heavy atom. The molecule has 178 valence electrons. The van der Waals surface area contributed by atoms with Crippen LogP contribution in [0.1, 0.15) is 73.7 Å². The number of fused-ring (bicyclic) bond motifs is 1. The lowest BCUT2D eigenvalue weighted by molar-refractivity contribution is -0.394. The van der Waals surface area contributed by atoms with E-state index in [0.29, 0.717) is 37.0 Å². The number of carbonyl (C=O) groups is 2. The number of methoxy groups -OCH3 is 1. The number of rotatable bonds is 6. The fraction of sp³-hybridized carbons (Fsp3) is 0.640. The first kappa shape index (κ1) is 22.3. The molecule has 2 heterocycles. The molecule has 1 aromatic rings. The largest absolute Gasteiger partial charge is 0.489 e. The highest BCUT2D eigenvalue weighted by Gasteiger charge is 2.41. The highest BCUT2D eigenvalue weighted by atomic mass is 16.5. The molecular formula is C25H34N3O5+. The zero-order valence-corrected chi connectivity index (χ0v) is 19.2. The molecule has 5 rings (SSSR count). The van der Waals surface area contributed by atoms with Gasteiger partial charge in [-0.15, -0.1) is 4.99 Å². The number of aliphatic hydroxyl groups excluding tert-OH is 1. The van der Waals surface area contributed by atoms with Crippen molar-refractivity contribution >= 4 is 17.7 Å². The molecule has 0 radical (unpaired) electrons. The molecule has 1 aromatic carbocycles. The van der Waals surface area contributed by atoms with E-state index in [1.165, 1.54) is 12.8 Å². The minimum absolute atomic E-state index is 0.0917. The van der Waals surface area contributed by atoms with Crippen LogP contribution in [-0.2, 0) is 16.1 Å². The van der Waals surface area contributed by atoms with Crippen LogP contribution in [0.2, 0.25) is 0 Å². The number of hydrogen-bond acceptors (Lipinski definition) is 5. The number of nitrogens with one attached hydrogen (secondary N) is 2. The second-order valence-electron chi connectivity index (χ2n) is 9.77. The summed E-state index contributed by atoms with van der Waals surface area (Å²) in [5, 5.41) is 14.0. The van der Waals surface area contributed by atoms with Gasteiger partial charge in [-0.25, -0.2) is 4.79 Å². The van der Waals surface area contributed by atoms with Gasteiger partial charge in [0.15, 0.2) is 6.04 Å². The van der Waals surface area contributed by atoms with Crippen LogP contribution in [0.3, 0.4) is 0 Å². The van der Waals surface area contributed by atoms with Crippen LogP contribution in [0.25, 0.3) is 0 Å². The fourth-order valence-corrected chi connectivity index (χ4v) is 5.92. The topological polar surface area (TPSA) is 102 Å². The summed E-state index contributed by atoms with van der Waals surface area (Å²) in [7, 11) is 1.80. The summed E-state index contributed by atoms with van der Waals surface area (Å²) in [4.78, 5) is 28.6. The molecule has 1 unspecified atom stereocenters. The highest BCUT2D eigenvalue weighted by molar-refractivity contribution is 6.01. The van der Waals surface area contributed by atoms with Crippen LogP contribution >= 0.6 is 0 Å². The molecule has 0 aromatic heterocycles. The Morgan fingerprint density at radius 2 is 1.79 bits per heavy atom. The Kier molecular flexibility index (Phi) is 6.38. The first-order valence-electron chi connectivity index (χ1n) is 12.3. The molecule has 5 atom stereocenters. The van der Waals surface area contributed by atoms with E-state index in [1.54, 1.807) is 12.0 Å². The summed E-state index contributed by atoms with van der Waals surface area (Å²) in [5.41, 5.74) is 1.54. The van der Waals surface area contributed by atoms with Gasteiger partial charge in [0.2, 0.25) is 0 Å². The predicted octanol–water partition coefficient (Wildman–Crippen LogP) is 1.22. The van der Waals surface area contributed by atoms with Gasteiger partial charge < -0.3 is 24.8 Å². The second kappa shape index (κ2) is 9.43. The molecule has 0 bridgehead atoms. The van der Waals surface area contributed by atoms with Gasteiger partial charge in [-0.2, -0.15) is 0 Å². The SMILES string of the molecule is CO[C@@H]1CCC[C@H]1N[C@H]1CCCC[C@H]1Oc1ccc2c(c1)CN(C1CCC(=O)[NH+]=C1O)C2=O. The number of aliphatic hydroxyl groups is 1. The van der Waals surface area contributed by atoms with Gasteiger partial charge >= 0.3 is 11.8 Å². The standard InChI is InChI=1S/C25H33N3O5/c1-32-21-8-4-6-18(21)26-19-5-2-3-7-22(19)33-16-9-10-17-15(13-16)14-28(25(17)31)20-11-12-23(29)27-24(20)30/h9-10,13,18-22,26H,2-8,11-12,14H2,1H3,(H,27,29,30)/p+1/t18-,19+,20?,21-,22-/m1/s1. The summed E-state index contributed by atoms with van der Waals surface area (Å²) in [6, 6.07) is 5.86. The third kappa shape index (κ3) is 4.51. The predicted molar refractivity (Wildman–Crippen MR) is 121 cm³/mol. The van der Waals surface area contributed by atoms with Crippen LogP contribution in [0.15, 0.2) is 18.2 Å². The number of nitrogens with zero attached hydrogens (tertiary/aromatic N) is 1. The molecule has 3 N–H and O–H groups in total. The summed E-state index contributed by atoms with van der Waals surface area (Å²) in [5.74, 6) is 0.310. The van der Waals surface area contributed by atoms with Crippen molar-refractivity contribution in [2.24, 2.45) is 0 Å². The van der Waals surface area contributed by atoms with Crippen molar-refractivity contribution in [1.29, 1.82) is 0 Å². The third-order valence-corrected chi connectivity index (χ3v) is 7.69. The minimum Gasteiger partial charge on any atom is -0.489 e. The van der Waals surface area contributed by atoms with Crippen molar-refractivity contribution < 1.29 is 29.2 Å². The summed E-state index contributed by atoms with van der Waals surface area (Å²) in [6.45, 7) is 0.403. The zero-order valence-electron chi connectivity index (χ0n) is 19.2. The Labute approximate surface area is 194 Å². The lowest BCUT2D eigenvalue weighted by Gasteiger charge is -2.35. The van der Waals surface area contributed by atoms with Crippen molar-refractivity contribution in [3.8, 4) is 5.75 Å². The number of benzene rings is 1. The van der Waals surface area contributed by atoms with Gasteiger partial charge in [0.25, 0.3) is 5.91 Å². The summed E-state index contributed by atoms with van der Waals surface area (Å²) in [6.07, 6.45) is 9.01. The van der Waals surface area contributed by atoms with E-state index >= 15 is 0 Å². The van der Waals surface area contributed by atoms with Crippen molar-refractivity contribution in [2.45, 2.75) is 94.7 Å². The van der Waals surface area contributed by atoms with Crippen molar-refractivity contribution in [1.82, 2.24) is 10.2 Å². The van der Waals surface area contributed by atoms with E-state index in [9.17, 15) is 14.7 Å². The molecule has 8 heteroatoms. The molecular weight excluding hydrogens is 422 g/mol. The number of carbonyl (C=O) groups excluding carboxylic acids is 2. The normalized spacial score (nSPS) is 32.1. The van der Waals surface area contributed by atoms with Crippen LogP contribution in [0.4, 0.5) is 0 Å². The van der Waals surface area contributed by atoms with E-state index in [-0.39, 0.29) is 29.9 Å². The first-order valence-corrected chi connectivity index (χ1v) is 12.3. The maximum Gasteiger partial charge on any atom is 0.388 e. The Balaban J connectivity index is 1.27. The highest BCUT2D eigenvalue weighted by Crippen LogP contribution is 2.32. The van der Waals surface area contributed by atoms with Gasteiger partial charge in [0.1, 0.15) is 11.9 Å². The maximum absolute atomic E-state index is 13.0.